The van der Waals surface area contributed by atoms with Crippen LogP contribution in [0.1, 0.15) is 5.56 Å². The highest BCUT2D eigenvalue weighted by atomic mass is 19.1. The van der Waals surface area contributed by atoms with E-state index >= 15 is 0 Å². The van der Waals surface area contributed by atoms with Crippen molar-refractivity contribution in [2.45, 2.75) is 6.61 Å². The molecule has 1 heterocycles. The predicted molar refractivity (Wildman–Crippen MR) is 63.6 cm³/mol. The highest BCUT2D eigenvalue weighted by Crippen LogP contribution is 2.34. The van der Waals surface area contributed by atoms with Crippen LogP contribution in [0.25, 0.3) is 11.3 Å². The quantitative estimate of drug-likeness (QED) is 0.903. The molecular formula is C12H13FN2O3. The van der Waals surface area contributed by atoms with Crippen LogP contribution < -0.4 is 10.5 Å². The molecule has 0 saturated carbocycles. The van der Waals surface area contributed by atoms with Gasteiger partial charge in [-0.1, -0.05) is 5.16 Å². The Morgan fingerprint density at radius 3 is 2.67 bits per heavy atom. The maximum absolute atomic E-state index is 13.4. The van der Waals surface area contributed by atoms with Crippen LogP contribution >= 0.6 is 0 Å². The first-order chi connectivity index (χ1) is 8.65. The van der Waals surface area contributed by atoms with Crippen LogP contribution in [0, 0.1) is 5.82 Å². The fourth-order valence-electron chi connectivity index (χ4n) is 1.76. The molecule has 0 aliphatic rings. The summed E-state index contributed by atoms with van der Waals surface area (Å²) in [6.45, 7) is 0.232. The average Bonchev–Trinajstić information content (AvgIpc) is 2.75. The summed E-state index contributed by atoms with van der Waals surface area (Å²) in [5, 5.41) is 3.81. The molecule has 6 heteroatoms. The van der Waals surface area contributed by atoms with Crippen molar-refractivity contribution in [3.8, 4) is 17.0 Å². The molecule has 2 rings (SSSR count). The number of aromatic nitrogens is 1. The lowest BCUT2D eigenvalue weighted by molar-refractivity contribution is 0.184. The van der Waals surface area contributed by atoms with Gasteiger partial charge in [0.05, 0.1) is 19.3 Å². The number of hydrogen-bond acceptors (Lipinski definition) is 5. The van der Waals surface area contributed by atoms with Crippen molar-refractivity contribution in [1.29, 1.82) is 0 Å². The van der Waals surface area contributed by atoms with Crippen LogP contribution in [0.4, 0.5) is 10.3 Å². The van der Waals surface area contributed by atoms with Gasteiger partial charge in [0, 0.05) is 19.2 Å². The molecule has 0 unspecified atom stereocenters. The van der Waals surface area contributed by atoms with Gasteiger partial charge in [0.15, 0.2) is 0 Å². The van der Waals surface area contributed by atoms with E-state index in [1.54, 1.807) is 6.07 Å². The van der Waals surface area contributed by atoms with E-state index in [-0.39, 0.29) is 12.5 Å². The Bertz CT molecular complexity index is 554. The van der Waals surface area contributed by atoms with Crippen LogP contribution in [0.3, 0.4) is 0 Å². The van der Waals surface area contributed by atoms with Crippen molar-refractivity contribution >= 4 is 5.88 Å². The number of methoxy groups -OCH3 is 2. The van der Waals surface area contributed by atoms with Crippen molar-refractivity contribution in [2.24, 2.45) is 0 Å². The number of rotatable bonds is 4. The largest absolute Gasteiger partial charge is 0.496 e. The highest BCUT2D eigenvalue weighted by Gasteiger charge is 2.17. The second-order valence-electron chi connectivity index (χ2n) is 3.69. The standard InChI is InChI=1S/C12H13FN2O3/c1-16-6-7-3-8(13)4-10(17-2)12(7)9-5-11(14)18-15-9/h3-5H,6,14H2,1-2H3. The van der Waals surface area contributed by atoms with Crippen LogP contribution in [0.2, 0.25) is 0 Å². The molecule has 96 valence electrons. The summed E-state index contributed by atoms with van der Waals surface area (Å²) in [5.74, 6) is 0.134. The van der Waals surface area contributed by atoms with E-state index in [9.17, 15) is 4.39 Å². The summed E-state index contributed by atoms with van der Waals surface area (Å²) in [7, 11) is 2.98. The van der Waals surface area contributed by atoms with Crippen LogP contribution in [0.15, 0.2) is 22.7 Å². The first kappa shape index (κ1) is 12.4. The summed E-state index contributed by atoms with van der Waals surface area (Å²) < 4.78 is 28.5. The predicted octanol–water partition coefficient (Wildman–Crippen LogP) is 2.22. The molecule has 0 saturated heterocycles. The average molecular weight is 252 g/mol. The van der Waals surface area contributed by atoms with Gasteiger partial charge in [-0.2, -0.15) is 0 Å². The van der Waals surface area contributed by atoms with Crippen LogP contribution in [-0.4, -0.2) is 19.4 Å². The van der Waals surface area contributed by atoms with Crippen molar-refractivity contribution in [3.05, 3.63) is 29.6 Å². The Morgan fingerprint density at radius 2 is 2.11 bits per heavy atom. The number of ether oxygens (including phenoxy) is 2. The summed E-state index contributed by atoms with van der Waals surface area (Å²) in [5.41, 5.74) is 7.19. The Labute approximate surface area is 103 Å². The monoisotopic (exact) mass is 252 g/mol. The third-order valence-corrected chi connectivity index (χ3v) is 2.45. The zero-order valence-corrected chi connectivity index (χ0v) is 10.1. The number of nitrogens with zero attached hydrogens (tertiary/aromatic N) is 1. The van der Waals surface area contributed by atoms with Crippen molar-refractivity contribution in [1.82, 2.24) is 5.16 Å². The van der Waals surface area contributed by atoms with E-state index in [4.69, 9.17) is 19.7 Å². The van der Waals surface area contributed by atoms with Gasteiger partial charge in [-0.3, -0.25) is 0 Å². The second-order valence-corrected chi connectivity index (χ2v) is 3.69. The van der Waals surface area contributed by atoms with E-state index in [0.29, 0.717) is 22.6 Å². The minimum absolute atomic E-state index is 0.180. The van der Waals surface area contributed by atoms with Gasteiger partial charge in [-0.05, 0) is 11.6 Å². The molecule has 0 aliphatic heterocycles. The lowest BCUT2D eigenvalue weighted by atomic mass is 10.0. The van der Waals surface area contributed by atoms with Gasteiger partial charge in [0.2, 0.25) is 5.88 Å². The molecular weight excluding hydrogens is 239 g/mol. The summed E-state index contributed by atoms with van der Waals surface area (Å²) in [6, 6.07) is 4.19. The first-order valence-electron chi connectivity index (χ1n) is 5.23. The van der Waals surface area contributed by atoms with Gasteiger partial charge in [0.1, 0.15) is 17.3 Å². The fraction of sp³-hybridized carbons (Fsp3) is 0.250. The molecule has 0 radical (unpaired) electrons. The summed E-state index contributed by atoms with van der Waals surface area (Å²) in [4.78, 5) is 0. The molecule has 0 bridgehead atoms. The van der Waals surface area contributed by atoms with Gasteiger partial charge >= 0.3 is 0 Å². The molecule has 0 atom stereocenters. The Balaban J connectivity index is 2.61. The van der Waals surface area contributed by atoms with E-state index in [0.717, 1.165) is 0 Å². The molecule has 18 heavy (non-hydrogen) atoms. The number of anilines is 1. The zero-order chi connectivity index (χ0) is 13.1. The Morgan fingerprint density at radius 1 is 1.33 bits per heavy atom. The molecule has 0 aliphatic carbocycles. The topological polar surface area (TPSA) is 70.5 Å². The molecule has 0 spiro atoms. The fourth-order valence-corrected chi connectivity index (χ4v) is 1.76. The molecule has 2 N–H and O–H groups in total. The maximum atomic E-state index is 13.4. The van der Waals surface area contributed by atoms with Crippen LogP contribution in [-0.2, 0) is 11.3 Å². The van der Waals surface area contributed by atoms with E-state index in [2.05, 4.69) is 5.16 Å². The maximum Gasteiger partial charge on any atom is 0.222 e. The lowest BCUT2D eigenvalue weighted by Crippen LogP contribution is -1.98. The smallest absolute Gasteiger partial charge is 0.222 e. The zero-order valence-electron chi connectivity index (χ0n) is 10.1. The van der Waals surface area contributed by atoms with Crippen molar-refractivity contribution in [3.63, 3.8) is 0 Å². The third kappa shape index (κ3) is 2.28. The number of halogens is 1. The minimum atomic E-state index is -0.404. The molecule has 1 aromatic heterocycles. The minimum Gasteiger partial charge on any atom is -0.496 e. The SMILES string of the molecule is COCc1cc(F)cc(OC)c1-c1cc(N)on1. The molecule has 0 fully saturated rings. The third-order valence-electron chi connectivity index (χ3n) is 2.45. The molecule has 0 amide bonds. The summed E-state index contributed by atoms with van der Waals surface area (Å²) in [6.07, 6.45) is 0. The highest BCUT2D eigenvalue weighted by molar-refractivity contribution is 5.72. The van der Waals surface area contributed by atoms with Gasteiger partial charge < -0.3 is 19.7 Å². The molecule has 2 aromatic rings. The summed E-state index contributed by atoms with van der Waals surface area (Å²) >= 11 is 0. The normalized spacial score (nSPS) is 10.6. The molecule has 5 nitrogen and oxygen atoms in total. The lowest BCUT2D eigenvalue weighted by Gasteiger charge is -2.11. The van der Waals surface area contributed by atoms with Crippen molar-refractivity contribution < 1.29 is 18.4 Å². The first-order valence-corrected chi connectivity index (χ1v) is 5.23. The number of hydrogen-bond donors (Lipinski definition) is 1. The Kier molecular flexibility index (Phi) is 3.47. The molecule has 1 aromatic carbocycles. The van der Waals surface area contributed by atoms with Crippen molar-refractivity contribution in [2.75, 3.05) is 20.0 Å². The number of benzene rings is 1. The number of nitrogen functional groups attached to an aromatic ring is 1. The van der Waals surface area contributed by atoms with Gasteiger partial charge in [-0.25, -0.2) is 4.39 Å². The van der Waals surface area contributed by atoms with Gasteiger partial charge in [0.25, 0.3) is 0 Å². The van der Waals surface area contributed by atoms with Crippen LogP contribution in [0.5, 0.6) is 5.75 Å². The van der Waals surface area contributed by atoms with E-state index in [1.165, 1.54) is 26.4 Å². The van der Waals surface area contributed by atoms with E-state index in [1.807, 2.05) is 0 Å². The van der Waals surface area contributed by atoms with Gasteiger partial charge in [-0.15, -0.1) is 0 Å². The van der Waals surface area contributed by atoms with E-state index < -0.39 is 5.82 Å². The number of nitrogens with two attached hydrogens (primary N) is 1. The Hall–Kier alpha value is -2.08. The second kappa shape index (κ2) is 5.05.